The van der Waals surface area contributed by atoms with Crippen LogP contribution in [0.1, 0.15) is 47.5 Å². The summed E-state index contributed by atoms with van der Waals surface area (Å²) < 4.78 is 13.0. The molecule has 0 fully saturated rings. The third-order valence-electron chi connectivity index (χ3n) is 2.65. The van der Waals surface area contributed by atoms with Crippen molar-refractivity contribution in [2.45, 2.75) is 47.5 Å². The van der Waals surface area contributed by atoms with E-state index in [0.717, 1.165) is 18.4 Å². The van der Waals surface area contributed by atoms with E-state index < -0.39 is 0 Å². The maximum Gasteiger partial charge on any atom is 0.0963 e. The fourth-order valence-electron chi connectivity index (χ4n) is 1.52. The third kappa shape index (κ3) is 3.75. The Morgan fingerprint density at radius 3 is 2.15 bits per heavy atom. The van der Waals surface area contributed by atoms with Gasteiger partial charge in [-0.2, -0.15) is 0 Å². The first kappa shape index (κ1) is 12.4. The molecule has 1 heteroatoms. The van der Waals surface area contributed by atoms with Crippen LogP contribution in [0.15, 0.2) is 23.0 Å². The molecule has 0 N–H and O–H groups in total. The Labute approximate surface area is 81.5 Å². The highest BCUT2D eigenvalue weighted by Crippen LogP contribution is 2.27. The van der Waals surface area contributed by atoms with Gasteiger partial charge in [0.25, 0.3) is 0 Å². The van der Waals surface area contributed by atoms with E-state index in [0.29, 0.717) is 5.92 Å². The largest absolute Gasteiger partial charge is 0.212 e. The van der Waals surface area contributed by atoms with Gasteiger partial charge < -0.3 is 0 Å². The summed E-state index contributed by atoms with van der Waals surface area (Å²) in [5.41, 5.74) is 2.16. The van der Waals surface area contributed by atoms with Crippen molar-refractivity contribution < 1.29 is 4.39 Å². The van der Waals surface area contributed by atoms with Crippen molar-refractivity contribution in [2.75, 3.05) is 0 Å². The molecule has 0 radical (unpaired) electrons. The Kier molecular flexibility index (Phi) is 5.68. The van der Waals surface area contributed by atoms with E-state index in [9.17, 15) is 4.39 Å². The van der Waals surface area contributed by atoms with Crippen LogP contribution in [-0.4, -0.2) is 0 Å². The molecule has 0 aliphatic carbocycles. The standard InChI is InChI=1S/C12H21F/c1-6-8-12(9(3)7-2)10(4)11(5)13/h7,12H,6,8H2,1-5H3/b9-7+,11-10+/t12-/m1/s1. The first-order valence-corrected chi connectivity index (χ1v) is 5.00. The van der Waals surface area contributed by atoms with Gasteiger partial charge in [0.15, 0.2) is 0 Å². The van der Waals surface area contributed by atoms with Crippen LogP contribution >= 0.6 is 0 Å². The van der Waals surface area contributed by atoms with Crippen molar-refractivity contribution in [3.8, 4) is 0 Å². The molecule has 0 amide bonds. The molecule has 0 spiro atoms. The number of hydrogen-bond acceptors (Lipinski definition) is 0. The molecule has 0 aromatic heterocycles. The summed E-state index contributed by atoms with van der Waals surface area (Å²) >= 11 is 0. The molecule has 1 atom stereocenters. The molecule has 0 unspecified atom stereocenters. The SMILES string of the molecule is C/C=C(\C)[C@@H](CCC)/C(C)=C(\C)F. The van der Waals surface area contributed by atoms with E-state index in [-0.39, 0.29) is 5.83 Å². The predicted molar refractivity (Wildman–Crippen MR) is 57.3 cm³/mol. The summed E-state index contributed by atoms with van der Waals surface area (Å²) in [6.07, 6.45) is 4.22. The zero-order chi connectivity index (χ0) is 10.4. The Morgan fingerprint density at radius 1 is 1.31 bits per heavy atom. The van der Waals surface area contributed by atoms with Gasteiger partial charge in [-0.1, -0.05) is 25.0 Å². The van der Waals surface area contributed by atoms with Crippen molar-refractivity contribution in [1.82, 2.24) is 0 Å². The molecular formula is C12H21F. The minimum atomic E-state index is -0.0281. The summed E-state index contributed by atoms with van der Waals surface area (Å²) in [5.74, 6) is 0.277. The lowest BCUT2D eigenvalue weighted by molar-refractivity contribution is 0.562. The van der Waals surface area contributed by atoms with E-state index in [1.807, 2.05) is 13.8 Å². The van der Waals surface area contributed by atoms with Crippen molar-refractivity contribution in [3.63, 3.8) is 0 Å². The predicted octanol–water partition coefficient (Wildman–Crippen LogP) is 4.63. The summed E-state index contributed by atoms with van der Waals surface area (Å²) in [7, 11) is 0. The summed E-state index contributed by atoms with van der Waals surface area (Å²) in [6.45, 7) is 9.66. The second-order valence-corrected chi connectivity index (χ2v) is 3.59. The molecule has 0 heterocycles. The van der Waals surface area contributed by atoms with Crippen molar-refractivity contribution in [1.29, 1.82) is 0 Å². The molecular weight excluding hydrogens is 163 g/mol. The highest BCUT2D eigenvalue weighted by molar-refractivity contribution is 5.19. The van der Waals surface area contributed by atoms with Crippen LogP contribution in [0, 0.1) is 5.92 Å². The highest BCUT2D eigenvalue weighted by atomic mass is 19.1. The van der Waals surface area contributed by atoms with Gasteiger partial charge in [0.1, 0.15) is 0 Å². The molecule has 0 aliphatic rings. The molecule has 0 bridgehead atoms. The Bertz CT molecular complexity index is 207. The number of allylic oxidation sites excluding steroid dienone is 4. The topological polar surface area (TPSA) is 0 Å². The second kappa shape index (κ2) is 5.95. The normalized spacial score (nSPS) is 16.9. The Balaban J connectivity index is 4.72. The van der Waals surface area contributed by atoms with Gasteiger partial charge in [0.2, 0.25) is 0 Å². The number of halogens is 1. The summed E-state index contributed by atoms with van der Waals surface area (Å²) in [6, 6.07) is 0. The number of hydrogen-bond donors (Lipinski definition) is 0. The first-order valence-electron chi connectivity index (χ1n) is 5.00. The maximum absolute atomic E-state index is 13.0. The van der Waals surface area contributed by atoms with Crippen molar-refractivity contribution in [3.05, 3.63) is 23.0 Å². The quantitative estimate of drug-likeness (QED) is 0.559. The van der Waals surface area contributed by atoms with Gasteiger partial charge in [-0.15, -0.1) is 0 Å². The Morgan fingerprint density at radius 2 is 1.85 bits per heavy atom. The van der Waals surface area contributed by atoms with Crippen LogP contribution < -0.4 is 0 Å². The average molecular weight is 184 g/mol. The minimum absolute atomic E-state index is 0.0281. The third-order valence-corrected chi connectivity index (χ3v) is 2.65. The van der Waals surface area contributed by atoms with Crippen LogP contribution in [0.25, 0.3) is 0 Å². The molecule has 0 aromatic rings. The maximum atomic E-state index is 13.0. The monoisotopic (exact) mass is 184 g/mol. The average Bonchev–Trinajstić information content (AvgIpc) is 2.11. The van der Waals surface area contributed by atoms with Crippen LogP contribution in [-0.2, 0) is 0 Å². The molecule has 0 aromatic carbocycles. The summed E-state index contributed by atoms with van der Waals surface area (Å²) in [5, 5.41) is 0. The van der Waals surface area contributed by atoms with Crippen LogP contribution in [0.3, 0.4) is 0 Å². The van der Waals surface area contributed by atoms with Gasteiger partial charge in [-0.3, -0.25) is 0 Å². The molecule has 0 saturated heterocycles. The lowest BCUT2D eigenvalue weighted by Gasteiger charge is -2.18. The molecule has 0 saturated carbocycles. The lowest BCUT2D eigenvalue weighted by Crippen LogP contribution is -2.04. The lowest BCUT2D eigenvalue weighted by atomic mass is 9.88. The Hall–Kier alpha value is -0.590. The van der Waals surface area contributed by atoms with Crippen LogP contribution in [0.5, 0.6) is 0 Å². The van der Waals surface area contributed by atoms with Crippen molar-refractivity contribution in [2.24, 2.45) is 5.92 Å². The van der Waals surface area contributed by atoms with Gasteiger partial charge in [0, 0.05) is 5.92 Å². The zero-order valence-corrected chi connectivity index (χ0v) is 9.45. The molecule has 76 valence electrons. The molecule has 0 rings (SSSR count). The fourth-order valence-corrected chi connectivity index (χ4v) is 1.52. The highest BCUT2D eigenvalue weighted by Gasteiger charge is 2.13. The van der Waals surface area contributed by atoms with Gasteiger partial charge >= 0.3 is 0 Å². The van der Waals surface area contributed by atoms with Gasteiger partial charge in [-0.25, -0.2) is 4.39 Å². The summed E-state index contributed by atoms with van der Waals surface area (Å²) in [4.78, 5) is 0. The van der Waals surface area contributed by atoms with E-state index >= 15 is 0 Å². The molecule has 0 aliphatic heterocycles. The van der Waals surface area contributed by atoms with Crippen LogP contribution in [0.2, 0.25) is 0 Å². The first-order chi connectivity index (χ1) is 6.04. The van der Waals surface area contributed by atoms with E-state index in [4.69, 9.17) is 0 Å². The second-order valence-electron chi connectivity index (χ2n) is 3.59. The molecule has 0 nitrogen and oxygen atoms in total. The van der Waals surface area contributed by atoms with E-state index in [1.54, 1.807) is 6.92 Å². The van der Waals surface area contributed by atoms with Crippen molar-refractivity contribution >= 4 is 0 Å². The fraction of sp³-hybridized carbons (Fsp3) is 0.667. The number of rotatable bonds is 4. The van der Waals surface area contributed by atoms with Crippen LogP contribution in [0.4, 0.5) is 4.39 Å². The minimum Gasteiger partial charge on any atom is -0.212 e. The van der Waals surface area contributed by atoms with Gasteiger partial charge in [-0.05, 0) is 39.7 Å². The van der Waals surface area contributed by atoms with E-state index in [1.165, 1.54) is 5.57 Å². The molecule has 13 heavy (non-hydrogen) atoms. The van der Waals surface area contributed by atoms with E-state index in [2.05, 4.69) is 19.9 Å². The van der Waals surface area contributed by atoms with Gasteiger partial charge in [0.05, 0.1) is 5.83 Å². The zero-order valence-electron chi connectivity index (χ0n) is 9.45. The smallest absolute Gasteiger partial charge is 0.0963 e.